The van der Waals surface area contributed by atoms with Crippen LogP contribution in [0.15, 0.2) is 59.6 Å². The largest absolute Gasteiger partial charge is 0.457 e. The molecule has 2 aromatic carbocycles. The first-order valence-electron chi connectivity index (χ1n) is 9.01. The van der Waals surface area contributed by atoms with E-state index < -0.39 is 0 Å². The van der Waals surface area contributed by atoms with Crippen LogP contribution in [-0.4, -0.2) is 17.1 Å². The van der Waals surface area contributed by atoms with E-state index in [0.717, 1.165) is 27.1 Å². The number of alkyl halides is 1. The van der Waals surface area contributed by atoms with E-state index in [-0.39, 0.29) is 11.7 Å². The van der Waals surface area contributed by atoms with Crippen LogP contribution in [0.25, 0.3) is 0 Å². The van der Waals surface area contributed by atoms with Gasteiger partial charge < -0.3 is 15.8 Å². The molecule has 0 aliphatic heterocycles. The van der Waals surface area contributed by atoms with Gasteiger partial charge in [0.2, 0.25) is 0 Å². The maximum Gasteiger partial charge on any atom is 0.255 e. The summed E-state index contributed by atoms with van der Waals surface area (Å²) in [6, 6.07) is 15.2. The Hall–Kier alpha value is -2.26. The summed E-state index contributed by atoms with van der Waals surface area (Å²) in [5.41, 5.74) is 9.56. The second-order valence-electron chi connectivity index (χ2n) is 6.37. The zero-order chi connectivity index (χ0) is 20.8. The summed E-state index contributed by atoms with van der Waals surface area (Å²) in [4.78, 5) is 17.5. The molecule has 0 bridgehead atoms. The molecule has 5 nitrogen and oxygen atoms in total. The fourth-order valence-corrected chi connectivity index (χ4v) is 4.79. The van der Waals surface area contributed by atoms with Crippen molar-refractivity contribution in [3.05, 3.63) is 77.0 Å². The van der Waals surface area contributed by atoms with Crippen LogP contribution >= 0.6 is 34.4 Å². The van der Waals surface area contributed by atoms with Crippen molar-refractivity contribution in [3.63, 3.8) is 0 Å². The molecule has 0 radical (unpaired) electrons. The van der Waals surface area contributed by atoms with Crippen molar-refractivity contribution in [3.8, 4) is 11.5 Å². The normalized spacial score (nSPS) is 10.6. The lowest BCUT2D eigenvalue weighted by atomic mass is 10.1. The summed E-state index contributed by atoms with van der Waals surface area (Å²) in [5, 5.41) is 2.86. The van der Waals surface area contributed by atoms with Gasteiger partial charge in [0.15, 0.2) is 0 Å². The number of carbonyl (C=O) groups is 1. The molecule has 29 heavy (non-hydrogen) atoms. The lowest BCUT2D eigenvalue weighted by Crippen LogP contribution is -2.24. The smallest absolute Gasteiger partial charge is 0.255 e. The topological polar surface area (TPSA) is 77.2 Å². The quantitative estimate of drug-likeness (QED) is 0.250. The Morgan fingerprint density at radius 3 is 2.62 bits per heavy atom. The molecule has 0 spiro atoms. The number of hydrogen-bond acceptors (Lipinski definition) is 5. The molecule has 0 fully saturated rings. The Labute approximate surface area is 188 Å². The van der Waals surface area contributed by atoms with Gasteiger partial charge in [0.1, 0.15) is 17.3 Å². The van der Waals surface area contributed by atoms with E-state index in [4.69, 9.17) is 10.5 Å². The maximum atomic E-state index is 12.2. The SMILES string of the molecule is CSc1ccc(Oc2ccc(CNC(=O)c3cccnc3N)cc2)c(C)c1CI. The first-order chi connectivity index (χ1) is 14.0. The van der Waals surface area contributed by atoms with Crippen LogP contribution in [0.2, 0.25) is 0 Å². The number of pyridine rings is 1. The van der Waals surface area contributed by atoms with Crippen molar-refractivity contribution in [1.82, 2.24) is 10.3 Å². The molecule has 0 aliphatic carbocycles. The molecule has 1 heterocycles. The fourth-order valence-electron chi connectivity index (χ4n) is 2.87. The fraction of sp³-hybridized carbons (Fsp3) is 0.182. The third kappa shape index (κ3) is 5.22. The van der Waals surface area contributed by atoms with Gasteiger partial charge in [-0.15, -0.1) is 11.8 Å². The van der Waals surface area contributed by atoms with Gasteiger partial charge in [0.25, 0.3) is 5.91 Å². The van der Waals surface area contributed by atoms with Gasteiger partial charge in [-0.05, 0) is 66.3 Å². The molecular formula is C22H22IN3O2S. The summed E-state index contributed by atoms with van der Waals surface area (Å²) < 4.78 is 7.03. The van der Waals surface area contributed by atoms with Gasteiger partial charge in [0, 0.05) is 22.1 Å². The van der Waals surface area contributed by atoms with Crippen molar-refractivity contribution in [1.29, 1.82) is 0 Å². The van der Waals surface area contributed by atoms with Gasteiger partial charge in [-0.1, -0.05) is 34.7 Å². The van der Waals surface area contributed by atoms with Gasteiger partial charge in [-0.2, -0.15) is 0 Å². The molecule has 3 rings (SSSR count). The van der Waals surface area contributed by atoms with Crippen molar-refractivity contribution < 1.29 is 9.53 Å². The van der Waals surface area contributed by atoms with Crippen molar-refractivity contribution in [2.45, 2.75) is 22.8 Å². The summed E-state index contributed by atoms with van der Waals surface area (Å²) in [6.45, 7) is 2.49. The minimum absolute atomic E-state index is 0.225. The summed E-state index contributed by atoms with van der Waals surface area (Å²) >= 11 is 4.14. The van der Waals surface area contributed by atoms with Crippen LogP contribution in [0.5, 0.6) is 11.5 Å². The molecule has 1 amide bonds. The van der Waals surface area contributed by atoms with Crippen molar-refractivity contribution >= 4 is 46.1 Å². The van der Waals surface area contributed by atoms with E-state index in [1.54, 1.807) is 30.1 Å². The molecule has 150 valence electrons. The number of benzene rings is 2. The van der Waals surface area contributed by atoms with E-state index >= 15 is 0 Å². The van der Waals surface area contributed by atoms with Gasteiger partial charge in [-0.25, -0.2) is 4.98 Å². The Balaban J connectivity index is 1.65. The van der Waals surface area contributed by atoms with Gasteiger partial charge in [-0.3, -0.25) is 4.79 Å². The predicted octanol–water partition coefficient (Wildman–Crippen LogP) is 5.35. The summed E-state index contributed by atoms with van der Waals surface area (Å²) in [7, 11) is 0. The predicted molar refractivity (Wildman–Crippen MR) is 127 cm³/mol. The van der Waals surface area contributed by atoms with E-state index in [1.165, 1.54) is 10.5 Å². The van der Waals surface area contributed by atoms with Gasteiger partial charge >= 0.3 is 0 Å². The number of carbonyl (C=O) groups excluding carboxylic acids is 1. The minimum atomic E-state index is -0.244. The van der Waals surface area contributed by atoms with Crippen LogP contribution in [0.3, 0.4) is 0 Å². The third-order valence-electron chi connectivity index (χ3n) is 4.55. The molecule has 0 saturated carbocycles. The van der Waals surface area contributed by atoms with Crippen molar-refractivity contribution in [2.24, 2.45) is 0 Å². The number of halogens is 1. The molecule has 0 aliphatic rings. The lowest BCUT2D eigenvalue weighted by Gasteiger charge is -2.14. The monoisotopic (exact) mass is 519 g/mol. The van der Waals surface area contributed by atoms with E-state index in [9.17, 15) is 4.79 Å². The lowest BCUT2D eigenvalue weighted by molar-refractivity contribution is 0.0951. The summed E-state index contributed by atoms with van der Waals surface area (Å²) in [6.07, 6.45) is 3.65. The molecule has 0 atom stereocenters. The molecule has 0 unspecified atom stereocenters. The van der Waals surface area contributed by atoms with Crippen LogP contribution < -0.4 is 15.8 Å². The highest BCUT2D eigenvalue weighted by molar-refractivity contribution is 14.1. The Morgan fingerprint density at radius 1 is 1.21 bits per heavy atom. The first-order valence-corrected chi connectivity index (χ1v) is 11.8. The van der Waals surface area contributed by atoms with E-state index in [2.05, 4.69) is 52.1 Å². The number of ether oxygens (including phenoxy) is 1. The standard InChI is InChI=1S/C22H22IN3O2S/c1-14-18(12-23)20(29-2)10-9-19(14)28-16-7-5-15(6-8-16)13-26-22(27)17-4-3-11-25-21(17)24/h3-11H,12-13H2,1-2H3,(H2,24,25)(H,26,27). The molecule has 1 aromatic heterocycles. The highest BCUT2D eigenvalue weighted by atomic mass is 127. The summed E-state index contributed by atoms with van der Waals surface area (Å²) in [5.74, 6) is 1.60. The maximum absolute atomic E-state index is 12.2. The molecule has 3 aromatic rings. The third-order valence-corrected chi connectivity index (χ3v) is 6.13. The Kier molecular flexibility index (Phi) is 7.38. The number of nitrogens with zero attached hydrogens (tertiary/aromatic N) is 1. The second kappa shape index (κ2) is 9.98. The first kappa shape index (κ1) is 21.4. The average molecular weight is 519 g/mol. The Morgan fingerprint density at radius 2 is 1.97 bits per heavy atom. The van der Waals surface area contributed by atoms with Crippen LogP contribution in [0.1, 0.15) is 27.0 Å². The molecule has 3 N–H and O–H groups in total. The second-order valence-corrected chi connectivity index (χ2v) is 7.98. The number of thioether (sulfide) groups is 1. The van der Waals surface area contributed by atoms with Crippen LogP contribution in [0, 0.1) is 6.92 Å². The zero-order valence-corrected chi connectivity index (χ0v) is 19.2. The molecule has 0 saturated heterocycles. The van der Waals surface area contributed by atoms with Crippen molar-refractivity contribution in [2.75, 3.05) is 12.0 Å². The number of amides is 1. The number of nitrogen functional groups attached to an aromatic ring is 1. The number of nitrogens with one attached hydrogen (secondary N) is 1. The average Bonchev–Trinajstić information content (AvgIpc) is 2.74. The molecular weight excluding hydrogens is 497 g/mol. The van der Waals surface area contributed by atoms with E-state index in [0.29, 0.717) is 12.1 Å². The highest BCUT2D eigenvalue weighted by Crippen LogP contribution is 2.34. The molecule has 7 heteroatoms. The number of hydrogen-bond donors (Lipinski definition) is 2. The van der Waals surface area contributed by atoms with Crippen LogP contribution in [0.4, 0.5) is 5.82 Å². The number of aromatic nitrogens is 1. The zero-order valence-electron chi connectivity index (χ0n) is 16.2. The van der Waals surface area contributed by atoms with E-state index in [1.807, 2.05) is 30.3 Å². The number of nitrogens with two attached hydrogens (primary N) is 1. The number of rotatable bonds is 7. The number of anilines is 1. The minimum Gasteiger partial charge on any atom is -0.457 e. The van der Waals surface area contributed by atoms with Gasteiger partial charge in [0.05, 0.1) is 5.56 Å². The van der Waals surface area contributed by atoms with Crippen LogP contribution in [-0.2, 0) is 11.0 Å². The highest BCUT2D eigenvalue weighted by Gasteiger charge is 2.11. The Bertz CT molecular complexity index is 1010.